The Balaban J connectivity index is 2.43. The molecule has 2 N–H and O–H groups in total. The maximum atomic E-state index is 12.1. The number of ketones is 1. The van der Waals surface area contributed by atoms with Crippen LogP contribution in [0.5, 0.6) is 0 Å². The van der Waals surface area contributed by atoms with Crippen LogP contribution in [0.1, 0.15) is 33.6 Å². The van der Waals surface area contributed by atoms with E-state index in [2.05, 4.69) is 15.5 Å². The molecule has 5 nitrogen and oxygen atoms in total. The SMILES string of the molecule is CNCC1CCCN(CC(=O)NC(C(C)=O)C(C)C)C1. The van der Waals surface area contributed by atoms with Crippen LogP contribution < -0.4 is 10.6 Å². The van der Waals surface area contributed by atoms with Gasteiger partial charge in [-0.05, 0) is 51.7 Å². The van der Waals surface area contributed by atoms with Crippen molar-refractivity contribution in [1.82, 2.24) is 15.5 Å². The molecule has 1 aliphatic heterocycles. The maximum Gasteiger partial charge on any atom is 0.234 e. The van der Waals surface area contributed by atoms with Crippen LogP contribution in [0.2, 0.25) is 0 Å². The normalized spacial score (nSPS) is 21.8. The van der Waals surface area contributed by atoms with Crippen molar-refractivity contribution in [2.24, 2.45) is 11.8 Å². The van der Waals surface area contributed by atoms with E-state index in [1.165, 1.54) is 13.3 Å². The molecule has 0 spiro atoms. The van der Waals surface area contributed by atoms with Gasteiger partial charge >= 0.3 is 0 Å². The molecule has 20 heavy (non-hydrogen) atoms. The summed E-state index contributed by atoms with van der Waals surface area (Å²) < 4.78 is 0. The summed E-state index contributed by atoms with van der Waals surface area (Å²) >= 11 is 0. The number of likely N-dealkylation sites (tertiary alicyclic amines) is 1. The molecule has 116 valence electrons. The third-order valence-electron chi connectivity index (χ3n) is 3.88. The monoisotopic (exact) mass is 283 g/mol. The molecule has 1 heterocycles. The van der Waals surface area contributed by atoms with Crippen molar-refractivity contribution >= 4 is 11.7 Å². The second-order valence-electron chi connectivity index (χ2n) is 6.20. The number of rotatable bonds is 7. The highest BCUT2D eigenvalue weighted by Gasteiger charge is 2.24. The topological polar surface area (TPSA) is 61.4 Å². The lowest BCUT2D eigenvalue weighted by atomic mass is 9.98. The van der Waals surface area contributed by atoms with Gasteiger partial charge in [-0.25, -0.2) is 0 Å². The van der Waals surface area contributed by atoms with E-state index in [0.717, 1.165) is 26.1 Å². The molecular weight excluding hydrogens is 254 g/mol. The van der Waals surface area contributed by atoms with Crippen molar-refractivity contribution in [3.05, 3.63) is 0 Å². The Bertz CT molecular complexity index is 329. The lowest BCUT2D eigenvalue weighted by molar-refractivity contribution is -0.128. The van der Waals surface area contributed by atoms with E-state index in [4.69, 9.17) is 0 Å². The first-order chi connectivity index (χ1) is 9.43. The summed E-state index contributed by atoms with van der Waals surface area (Å²) in [5, 5.41) is 6.07. The maximum absolute atomic E-state index is 12.1. The third-order valence-corrected chi connectivity index (χ3v) is 3.88. The first-order valence-corrected chi connectivity index (χ1v) is 7.60. The van der Waals surface area contributed by atoms with Crippen LogP contribution in [0.25, 0.3) is 0 Å². The number of piperidine rings is 1. The number of hydrogen-bond acceptors (Lipinski definition) is 4. The van der Waals surface area contributed by atoms with Crippen molar-refractivity contribution in [3.8, 4) is 0 Å². The molecular formula is C15H29N3O2. The number of carbonyl (C=O) groups excluding carboxylic acids is 2. The molecule has 1 saturated heterocycles. The molecule has 0 bridgehead atoms. The van der Waals surface area contributed by atoms with E-state index in [1.54, 1.807) is 0 Å². The Hall–Kier alpha value is -0.940. The van der Waals surface area contributed by atoms with Crippen molar-refractivity contribution in [1.29, 1.82) is 0 Å². The van der Waals surface area contributed by atoms with Gasteiger partial charge in [0, 0.05) is 6.54 Å². The van der Waals surface area contributed by atoms with E-state index < -0.39 is 0 Å². The number of hydrogen-bond donors (Lipinski definition) is 2. The van der Waals surface area contributed by atoms with Crippen LogP contribution in [0, 0.1) is 11.8 Å². The molecule has 0 saturated carbocycles. The Morgan fingerprint density at radius 3 is 2.60 bits per heavy atom. The second kappa shape index (κ2) is 8.37. The highest BCUT2D eigenvalue weighted by molar-refractivity contribution is 5.88. The van der Waals surface area contributed by atoms with E-state index >= 15 is 0 Å². The smallest absolute Gasteiger partial charge is 0.234 e. The molecule has 1 rings (SSSR count). The van der Waals surface area contributed by atoms with Gasteiger partial charge in [-0.3, -0.25) is 14.5 Å². The van der Waals surface area contributed by atoms with Gasteiger partial charge in [-0.15, -0.1) is 0 Å². The second-order valence-corrected chi connectivity index (χ2v) is 6.20. The summed E-state index contributed by atoms with van der Waals surface area (Å²) in [5.74, 6) is 0.745. The molecule has 0 aromatic rings. The van der Waals surface area contributed by atoms with E-state index in [-0.39, 0.29) is 23.7 Å². The summed E-state index contributed by atoms with van der Waals surface area (Å²) in [7, 11) is 1.96. The average Bonchev–Trinajstić information content (AvgIpc) is 2.36. The van der Waals surface area contributed by atoms with Crippen LogP contribution >= 0.6 is 0 Å². The van der Waals surface area contributed by atoms with Crippen LogP contribution in [-0.4, -0.2) is 55.9 Å². The predicted molar refractivity (Wildman–Crippen MR) is 80.5 cm³/mol. The molecule has 5 heteroatoms. The van der Waals surface area contributed by atoms with Gasteiger partial charge < -0.3 is 10.6 Å². The van der Waals surface area contributed by atoms with E-state index in [1.807, 2.05) is 20.9 Å². The van der Waals surface area contributed by atoms with Gasteiger partial charge in [-0.1, -0.05) is 13.8 Å². The Morgan fingerprint density at radius 1 is 1.35 bits per heavy atom. The standard InChI is InChI=1S/C15H29N3O2/c1-11(2)15(12(3)19)17-14(20)10-18-7-5-6-13(9-18)8-16-4/h11,13,15-16H,5-10H2,1-4H3,(H,17,20). The van der Waals surface area contributed by atoms with Crippen molar-refractivity contribution in [2.75, 3.05) is 33.2 Å². The third kappa shape index (κ3) is 5.59. The number of Topliss-reactive ketones (excluding diaryl/α,β-unsaturated/α-hetero) is 1. The molecule has 0 aromatic heterocycles. The van der Waals surface area contributed by atoms with Gasteiger partial charge in [0.15, 0.2) is 5.78 Å². The summed E-state index contributed by atoms with van der Waals surface area (Å²) in [6.07, 6.45) is 2.36. The number of nitrogens with one attached hydrogen (secondary N) is 2. The van der Waals surface area contributed by atoms with Crippen LogP contribution in [0.4, 0.5) is 0 Å². The van der Waals surface area contributed by atoms with E-state index in [0.29, 0.717) is 12.5 Å². The minimum atomic E-state index is -0.361. The minimum Gasteiger partial charge on any atom is -0.345 e. The number of nitrogens with zero attached hydrogens (tertiary/aromatic N) is 1. The average molecular weight is 283 g/mol. The molecule has 2 atom stereocenters. The lowest BCUT2D eigenvalue weighted by Crippen LogP contribution is -2.49. The van der Waals surface area contributed by atoms with Crippen LogP contribution in [-0.2, 0) is 9.59 Å². The Kier molecular flexibility index (Phi) is 7.16. The summed E-state index contributed by atoms with van der Waals surface area (Å²) in [6.45, 7) is 8.78. The summed E-state index contributed by atoms with van der Waals surface area (Å²) in [5.41, 5.74) is 0. The Labute approximate surface area is 122 Å². The fourth-order valence-corrected chi connectivity index (χ4v) is 2.91. The fraction of sp³-hybridized carbons (Fsp3) is 0.867. The first-order valence-electron chi connectivity index (χ1n) is 7.60. The highest BCUT2D eigenvalue weighted by Crippen LogP contribution is 2.15. The van der Waals surface area contributed by atoms with Gasteiger partial charge in [-0.2, -0.15) is 0 Å². The van der Waals surface area contributed by atoms with Gasteiger partial charge in [0.2, 0.25) is 5.91 Å². The van der Waals surface area contributed by atoms with Crippen molar-refractivity contribution < 1.29 is 9.59 Å². The zero-order valence-electron chi connectivity index (χ0n) is 13.2. The molecule has 1 fully saturated rings. The zero-order chi connectivity index (χ0) is 15.1. The van der Waals surface area contributed by atoms with Crippen LogP contribution in [0.15, 0.2) is 0 Å². The molecule has 0 radical (unpaired) electrons. The van der Waals surface area contributed by atoms with Gasteiger partial charge in [0.05, 0.1) is 12.6 Å². The van der Waals surface area contributed by atoms with E-state index in [9.17, 15) is 9.59 Å². The predicted octanol–water partition coefficient (Wildman–Crippen LogP) is 0.648. The zero-order valence-corrected chi connectivity index (χ0v) is 13.2. The summed E-state index contributed by atoms with van der Waals surface area (Å²) in [6, 6.07) is -0.361. The fourth-order valence-electron chi connectivity index (χ4n) is 2.91. The molecule has 1 amide bonds. The molecule has 0 aromatic carbocycles. The largest absolute Gasteiger partial charge is 0.345 e. The number of carbonyl (C=O) groups is 2. The number of amides is 1. The first kappa shape index (κ1) is 17.1. The molecule has 1 aliphatic rings. The lowest BCUT2D eigenvalue weighted by Gasteiger charge is -2.32. The minimum absolute atomic E-state index is 0.0278. The van der Waals surface area contributed by atoms with Crippen molar-refractivity contribution in [3.63, 3.8) is 0 Å². The van der Waals surface area contributed by atoms with Gasteiger partial charge in [0.25, 0.3) is 0 Å². The van der Waals surface area contributed by atoms with Crippen molar-refractivity contribution in [2.45, 2.75) is 39.7 Å². The summed E-state index contributed by atoms with van der Waals surface area (Å²) in [4.78, 5) is 25.8. The van der Waals surface area contributed by atoms with Crippen LogP contribution in [0.3, 0.4) is 0 Å². The molecule has 0 aliphatic carbocycles. The highest BCUT2D eigenvalue weighted by atomic mass is 16.2. The quantitative estimate of drug-likeness (QED) is 0.720. The Morgan fingerprint density at radius 2 is 2.05 bits per heavy atom. The molecule has 2 unspecified atom stereocenters. The van der Waals surface area contributed by atoms with Gasteiger partial charge in [0.1, 0.15) is 0 Å².